The average Bonchev–Trinajstić information content (AvgIpc) is 3.25. The van der Waals surface area contributed by atoms with Crippen LogP contribution >= 0.6 is 0 Å². The summed E-state index contributed by atoms with van der Waals surface area (Å²) in [6.07, 6.45) is 7.76. The van der Waals surface area contributed by atoms with Crippen molar-refractivity contribution < 1.29 is 19.1 Å². The summed E-state index contributed by atoms with van der Waals surface area (Å²) >= 11 is 0. The van der Waals surface area contributed by atoms with Gasteiger partial charge in [-0.1, -0.05) is 0 Å². The van der Waals surface area contributed by atoms with Crippen LogP contribution in [-0.4, -0.2) is 54.9 Å². The number of fused-ring (bicyclic) bond motifs is 1. The highest BCUT2D eigenvalue weighted by Gasteiger charge is 2.16. The number of imidazole rings is 1. The Labute approximate surface area is 209 Å². The van der Waals surface area contributed by atoms with Gasteiger partial charge in [-0.15, -0.1) is 0 Å². The molecule has 1 aromatic carbocycles. The van der Waals surface area contributed by atoms with E-state index in [1.165, 1.54) is 0 Å². The second-order valence-electron chi connectivity index (χ2n) is 8.14. The van der Waals surface area contributed by atoms with Crippen LogP contribution in [0.4, 0.5) is 5.69 Å². The van der Waals surface area contributed by atoms with Crippen LogP contribution in [0, 0.1) is 6.92 Å². The minimum absolute atomic E-state index is 0.316. The zero-order valence-corrected chi connectivity index (χ0v) is 20.4. The lowest BCUT2D eigenvalue weighted by Crippen LogP contribution is -2.33. The van der Waals surface area contributed by atoms with Crippen molar-refractivity contribution in [3.8, 4) is 5.75 Å². The Balaban J connectivity index is 1.31. The molecular weight excluding hydrogens is 460 g/mol. The number of hydroxylamine groups is 1. The largest absolute Gasteiger partial charge is 0.495 e. The number of benzene rings is 1. The number of aromatic nitrogens is 2. The number of aryl methyl sites for hydroxylation is 1. The van der Waals surface area contributed by atoms with Crippen molar-refractivity contribution in [1.82, 2.24) is 14.9 Å². The Bertz CT molecular complexity index is 1260. The number of amides is 1. The molecule has 3 aromatic rings. The van der Waals surface area contributed by atoms with E-state index in [0.717, 1.165) is 47.7 Å². The van der Waals surface area contributed by atoms with E-state index >= 15 is 0 Å². The van der Waals surface area contributed by atoms with Crippen LogP contribution in [0.25, 0.3) is 11.3 Å². The van der Waals surface area contributed by atoms with Crippen LogP contribution in [0.2, 0.25) is 0 Å². The number of nitrogens with one attached hydrogen (secondary N) is 2. The van der Waals surface area contributed by atoms with Crippen LogP contribution < -0.4 is 15.5 Å². The lowest BCUT2D eigenvalue weighted by Gasteiger charge is -2.22. The summed E-state index contributed by atoms with van der Waals surface area (Å²) in [5.41, 5.74) is 6.87. The number of carbonyl (C=O) groups is 1. The van der Waals surface area contributed by atoms with Crippen LogP contribution in [0.3, 0.4) is 0 Å². The monoisotopic (exact) mass is 490 g/mol. The third kappa shape index (κ3) is 6.15. The molecule has 1 saturated heterocycles. The molecule has 188 valence electrons. The highest BCUT2D eigenvalue weighted by atomic mass is 16.8. The zero-order valence-electron chi connectivity index (χ0n) is 20.4. The van der Waals surface area contributed by atoms with E-state index in [1.807, 2.05) is 41.8 Å². The first-order valence-corrected chi connectivity index (χ1v) is 11.7. The van der Waals surface area contributed by atoms with Gasteiger partial charge in [0.25, 0.3) is 5.91 Å². The molecule has 1 fully saturated rings. The fourth-order valence-corrected chi connectivity index (χ4v) is 3.81. The number of allylic oxidation sites excluding steroid dienone is 1. The second kappa shape index (κ2) is 12.1. The fraction of sp³-hybridized carbons (Fsp3) is 0.308. The molecule has 36 heavy (non-hydrogen) atoms. The SMILES string of the molecule is C=N/C(=C\C=N/CNc1ccc(C(=O)NOC2CCCCO2)cc1)c1c(C)nc2ccc(OC)cn12. The van der Waals surface area contributed by atoms with E-state index in [4.69, 9.17) is 14.3 Å². The molecule has 0 radical (unpaired) electrons. The molecule has 1 aliphatic rings. The molecule has 10 nitrogen and oxygen atoms in total. The number of anilines is 1. The summed E-state index contributed by atoms with van der Waals surface area (Å²) in [4.78, 5) is 30.7. The van der Waals surface area contributed by atoms with Crippen molar-refractivity contribution in [2.24, 2.45) is 9.98 Å². The predicted molar refractivity (Wildman–Crippen MR) is 140 cm³/mol. The lowest BCUT2D eigenvalue weighted by molar-refractivity contribution is -0.186. The number of hydrogen-bond donors (Lipinski definition) is 2. The van der Waals surface area contributed by atoms with Crippen molar-refractivity contribution in [2.45, 2.75) is 32.5 Å². The van der Waals surface area contributed by atoms with Crippen molar-refractivity contribution in [2.75, 3.05) is 25.7 Å². The molecule has 0 saturated carbocycles. The number of carbonyl (C=O) groups excluding carboxylic acids is 1. The second-order valence-corrected chi connectivity index (χ2v) is 8.14. The van der Waals surface area contributed by atoms with Gasteiger partial charge in [0.05, 0.1) is 30.4 Å². The van der Waals surface area contributed by atoms with Crippen LogP contribution in [-0.2, 0) is 9.57 Å². The van der Waals surface area contributed by atoms with Gasteiger partial charge in [0, 0.05) is 30.5 Å². The Morgan fingerprint density at radius 3 is 2.83 bits per heavy atom. The maximum absolute atomic E-state index is 12.3. The van der Waals surface area contributed by atoms with Crippen LogP contribution in [0.15, 0.2) is 58.7 Å². The number of nitrogens with zero attached hydrogens (tertiary/aromatic N) is 4. The molecule has 0 spiro atoms. The first-order valence-electron chi connectivity index (χ1n) is 11.7. The van der Waals surface area contributed by atoms with E-state index in [0.29, 0.717) is 24.5 Å². The van der Waals surface area contributed by atoms with Gasteiger partial charge < -0.3 is 14.8 Å². The molecule has 4 rings (SSSR count). The van der Waals surface area contributed by atoms with Gasteiger partial charge in [-0.25, -0.2) is 15.3 Å². The molecule has 3 heterocycles. The van der Waals surface area contributed by atoms with Gasteiger partial charge >= 0.3 is 0 Å². The van der Waals surface area contributed by atoms with Crippen LogP contribution in [0.5, 0.6) is 5.75 Å². The summed E-state index contributed by atoms with van der Waals surface area (Å²) < 4.78 is 12.7. The Hall–Kier alpha value is -4.02. The van der Waals surface area contributed by atoms with Crippen LogP contribution in [0.1, 0.15) is 41.0 Å². The standard InChI is InChI=1S/C26H30N6O4/c1-18-25(32-16-21(34-3)11-12-23(32)30-18)22(27-2)13-14-28-17-29-20-9-7-19(8-10-20)26(33)31-36-24-6-4-5-15-35-24/h7-14,16,24,29H,2,4-6,15,17H2,1,3H3,(H,31,33)/b22-13-,28-14-. The van der Waals surface area contributed by atoms with E-state index in [1.54, 1.807) is 31.5 Å². The Morgan fingerprint density at radius 1 is 1.28 bits per heavy atom. The van der Waals surface area contributed by atoms with Crippen molar-refractivity contribution in [3.63, 3.8) is 0 Å². The van der Waals surface area contributed by atoms with E-state index in [-0.39, 0.29) is 12.2 Å². The normalized spacial score (nSPS) is 16.3. The van der Waals surface area contributed by atoms with E-state index in [9.17, 15) is 4.79 Å². The topological polar surface area (TPSA) is 111 Å². The third-order valence-electron chi connectivity index (χ3n) is 5.69. The number of pyridine rings is 1. The molecule has 2 N–H and O–H groups in total. The molecule has 1 aliphatic heterocycles. The predicted octanol–water partition coefficient (Wildman–Crippen LogP) is 4.02. The van der Waals surface area contributed by atoms with Gasteiger partial charge in [0.15, 0.2) is 6.29 Å². The maximum Gasteiger partial charge on any atom is 0.274 e. The zero-order chi connectivity index (χ0) is 25.3. The first kappa shape index (κ1) is 25.1. The quantitative estimate of drug-likeness (QED) is 0.328. The molecule has 10 heteroatoms. The van der Waals surface area contributed by atoms with E-state index < -0.39 is 0 Å². The van der Waals surface area contributed by atoms with Gasteiger partial charge in [0.2, 0.25) is 0 Å². The highest BCUT2D eigenvalue weighted by Crippen LogP contribution is 2.23. The summed E-state index contributed by atoms with van der Waals surface area (Å²) in [6.45, 7) is 6.62. The highest BCUT2D eigenvalue weighted by molar-refractivity contribution is 5.93. The summed E-state index contributed by atoms with van der Waals surface area (Å²) in [6, 6.07) is 10.8. The lowest BCUT2D eigenvalue weighted by atomic mass is 10.2. The van der Waals surface area contributed by atoms with Gasteiger partial charge in [-0.2, -0.15) is 0 Å². The Morgan fingerprint density at radius 2 is 2.11 bits per heavy atom. The van der Waals surface area contributed by atoms with Crippen molar-refractivity contribution >= 4 is 35.9 Å². The number of aliphatic imine (C=N–C) groups is 2. The summed E-state index contributed by atoms with van der Waals surface area (Å²) in [5.74, 6) is 0.403. The number of rotatable bonds is 10. The first-order chi connectivity index (χ1) is 17.6. The Kier molecular flexibility index (Phi) is 8.43. The van der Waals surface area contributed by atoms with Crippen molar-refractivity contribution in [1.29, 1.82) is 0 Å². The minimum Gasteiger partial charge on any atom is -0.495 e. The van der Waals surface area contributed by atoms with Crippen molar-refractivity contribution in [3.05, 3.63) is 65.6 Å². The summed E-state index contributed by atoms with van der Waals surface area (Å²) in [5, 5.41) is 3.19. The molecular formula is C26H30N6O4. The molecule has 1 atom stereocenters. The fourth-order valence-electron chi connectivity index (χ4n) is 3.81. The minimum atomic E-state index is -0.383. The van der Waals surface area contributed by atoms with Gasteiger partial charge in [-0.05, 0) is 69.0 Å². The number of ether oxygens (including phenoxy) is 2. The molecule has 0 bridgehead atoms. The molecule has 0 aliphatic carbocycles. The summed E-state index contributed by atoms with van der Waals surface area (Å²) in [7, 11) is 1.62. The van der Waals surface area contributed by atoms with E-state index in [2.05, 4.69) is 32.5 Å². The smallest absolute Gasteiger partial charge is 0.274 e. The third-order valence-corrected chi connectivity index (χ3v) is 5.69. The number of methoxy groups -OCH3 is 1. The molecule has 1 amide bonds. The number of hydrogen-bond acceptors (Lipinski definition) is 8. The van der Waals surface area contributed by atoms with Gasteiger partial charge in [0.1, 0.15) is 18.1 Å². The molecule has 2 aromatic heterocycles. The molecule has 1 unspecified atom stereocenters. The maximum atomic E-state index is 12.3. The van der Waals surface area contributed by atoms with Gasteiger partial charge in [-0.3, -0.25) is 19.2 Å². The average molecular weight is 491 g/mol.